The predicted octanol–water partition coefficient (Wildman–Crippen LogP) is 4.77. The molecule has 2 rings (SSSR count). The summed E-state index contributed by atoms with van der Waals surface area (Å²) in [5.41, 5.74) is 1.78. The van der Waals surface area contributed by atoms with E-state index in [1.54, 1.807) is 6.92 Å². The second-order valence-corrected chi connectivity index (χ2v) is 7.09. The third-order valence-electron chi connectivity index (χ3n) is 4.61. The van der Waals surface area contributed by atoms with Gasteiger partial charge in [-0.1, -0.05) is 60.7 Å². The molecule has 0 bridgehead atoms. The maximum atomic E-state index is 12.9. The SMILES string of the molecule is CCOC(=O)[C@H](CCc1ccccc1)N(C(=O)OCc1ccccc1)[C@@H](C)C(=O)Cl.Cl. The van der Waals surface area contributed by atoms with Crippen LogP contribution in [0.25, 0.3) is 0 Å². The molecular formula is C23H27Cl2NO5. The molecule has 8 heteroatoms. The molecule has 0 spiro atoms. The van der Waals surface area contributed by atoms with Gasteiger partial charge in [0.25, 0.3) is 0 Å². The fraction of sp³-hybridized carbons (Fsp3) is 0.348. The molecule has 0 saturated heterocycles. The second kappa shape index (κ2) is 13.7. The highest BCUT2D eigenvalue weighted by molar-refractivity contribution is 6.64. The van der Waals surface area contributed by atoms with E-state index in [-0.39, 0.29) is 32.0 Å². The molecule has 0 fully saturated rings. The first-order chi connectivity index (χ1) is 14.4. The number of benzene rings is 2. The van der Waals surface area contributed by atoms with Gasteiger partial charge in [-0.15, -0.1) is 12.4 Å². The van der Waals surface area contributed by atoms with Gasteiger partial charge in [-0.05, 0) is 49.4 Å². The van der Waals surface area contributed by atoms with Crippen molar-refractivity contribution in [2.24, 2.45) is 0 Å². The van der Waals surface area contributed by atoms with E-state index >= 15 is 0 Å². The van der Waals surface area contributed by atoms with Crippen LogP contribution in [0.1, 0.15) is 31.4 Å². The first-order valence-electron chi connectivity index (χ1n) is 9.83. The lowest BCUT2D eigenvalue weighted by molar-refractivity contribution is -0.150. The zero-order valence-electron chi connectivity index (χ0n) is 17.5. The molecule has 6 nitrogen and oxygen atoms in total. The molecule has 1 amide bonds. The van der Waals surface area contributed by atoms with Crippen LogP contribution < -0.4 is 0 Å². The van der Waals surface area contributed by atoms with Crippen molar-refractivity contribution in [2.75, 3.05) is 6.61 Å². The summed E-state index contributed by atoms with van der Waals surface area (Å²) in [7, 11) is 0. The summed E-state index contributed by atoms with van der Waals surface area (Å²) in [4.78, 5) is 38.6. The molecule has 0 aromatic heterocycles. The van der Waals surface area contributed by atoms with E-state index in [2.05, 4.69) is 0 Å². The maximum absolute atomic E-state index is 12.9. The quantitative estimate of drug-likeness (QED) is 0.371. The number of carbonyl (C=O) groups is 3. The number of nitrogens with zero attached hydrogens (tertiary/aromatic N) is 1. The van der Waals surface area contributed by atoms with Crippen LogP contribution in [0.3, 0.4) is 0 Å². The van der Waals surface area contributed by atoms with E-state index < -0.39 is 29.4 Å². The highest BCUT2D eigenvalue weighted by atomic mass is 35.5. The fourth-order valence-corrected chi connectivity index (χ4v) is 3.12. The summed E-state index contributed by atoms with van der Waals surface area (Å²) in [6, 6.07) is 16.6. The van der Waals surface area contributed by atoms with Crippen molar-refractivity contribution in [2.45, 2.75) is 45.4 Å². The van der Waals surface area contributed by atoms with E-state index in [1.807, 2.05) is 60.7 Å². The average Bonchev–Trinajstić information content (AvgIpc) is 2.76. The Balaban J connectivity index is 0.00000480. The molecule has 0 aliphatic heterocycles. The standard InChI is InChI=1S/C23H26ClNO5.ClH/c1-3-29-22(27)20(15-14-18-10-6-4-7-11-18)25(17(2)21(24)26)23(28)30-16-19-12-8-5-9-13-19;/h4-13,17,20H,3,14-16H2,1-2H3;1H/t17-,20-;/m0./s1. The largest absolute Gasteiger partial charge is 0.464 e. The summed E-state index contributed by atoms with van der Waals surface area (Å²) < 4.78 is 10.6. The number of carbonyl (C=O) groups excluding carboxylic acids is 3. The van der Waals surface area contributed by atoms with E-state index in [0.29, 0.717) is 6.42 Å². The lowest BCUT2D eigenvalue weighted by Crippen LogP contribution is -2.52. The van der Waals surface area contributed by atoms with Gasteiger partial charge in [-0.25, -0.2) is 9.59 Å². The monoisotopic (exact) mass is 467 g/mol. The number of amides is 1. The first kappa shape index (κ1) is 26.5. The van der Waals surface area contributed by atoms with Gasteiger partial charge < -0.3 is 9.47 Å². The van der Waals surface area contributed by atoms with Crippen LogP contribution in [0.4, 0.5) is 4.79 Å². The van der Waals surface area contributed by atoms with Crippen LogP contribution in [-0.2, 0) is 32.1 Å². The summed E-state index contributed by atoms with van der Waals surface area (Å²) >= 11 is 5.69. The van der Waals surface area contributed by atoms with Gasteiger partial charge >= 0.3 is 12.1 Å². The first-order valence-corrected chi connectivity index (χ1v) is 10.2. The van der Waals surface area contributed by atoms with Crippen molar-refractivity contribution in [1.29, 1.82) is 0 Å². The van der Waals surface area contributed by atoms with Gasteiger partial charge in [0.1, 0.15) is 18.7 Å². The number of hydrogen-bond donors (Lipinski definition) is 0. The van der Waals surface area contributed by atoms with E-state index in [1.165, 1.54) is 6.92 Å². The Bertz CT molecular complexity index is 832. The number of esters is 1. The van der Waals surface area contributed by atoms with Gasteiger partial charge in [0.15, 0.2) is 0 Å². The highest BCUT2D eigenvalue weighted by Crippen LogP contribution is 2.19. The molecule has 168 valence electrons. The smallest absolute Gasteiger partial charge is 0.411 e. The van der Waals surface area contributed by atoms with Crippen molar-refractivity contribution in [3.63, 3.8) is 0 Å². The van der Waals surface area contributed by atoms with E-state index in [4.69, 9.17) is 21.1 Å². The maximum Gasteiger partial charge on any atom is 0.411 e. The molecule has 0 radical (unpaired) electrons. The Morgan fingerprint density at radius 3 is 2.00 bits per heavy atom. The predicted molar refractivity (Wildman–Crippen MR) is 121 cm³/mol. The summed E-state index contributed by atoms with van der Waals surface area (Å²) in [5, 5.41) is -0.763. The number of aryl methyl sites for hydroxylation is 1. The van der Waals surface area contributed by atoms with Crippen molar-refractivity contribution < 1.29 is 23.9 Å². The Morgan fingerprint density at radius 2 is 1.48 bits per heavy atom. The minimum absolute atomic E-state index is 0. The summed E-state index contributed by atoms with van der Waals surface area (Å²) in [5.74, 6) is -0.602. The summed E-state index contributed by atoms with van der Waals surface area (Å²) in [6.07, 6.45) is -0.0280. The molecule has 2 aromatic rings. The molecule has 2 aromatic carbocycles. The summed E-state index contributed by atoms with van der Waals surface area (Å²) in [6.45, 7) is 3.30. The second-order valence-electron chi connectivity index (χ2n) is 6.72. The zero-order valence-corrected chi connectivity index (χ0v) is 19.1. The van der Waals surface area contributed by atoms with Crippen molar-refractivity contribution in [3.05, 3.63) is 71.8 Å². The van der Waals surface area contributed by atoms with Crippen LogP contribution in [0.15, 0.2) is 60.7 Å². The van der Waals surface area contributed by atoms with Crippen molar-refractivity contribution in [3.8, 4) is 0 Å². The average molecular weight is 468 g/mol. The fourth-order valence-electron chi connectivity index (χ4n) is 3.02. The van der Waals surface area contributed by atoms with Crippen LogP contribution in [-0.4, -0.2) is 40.9 Å². The van der Waals surface area contributed by atoms with E-state index in [0.717, 1.165) is 16.0 Å². The van der Waals surface area contributed by atoms with Gasteiger partial charge in [0, 0.05) is 0 Å². The Labute approximate surface area is 193 Å². The van der Waals surface area contributed by atoms with E-state index in [9.17, 15) is 14.4 Å². The van der Waals surface area contributed by atoms with Crippen LogP contribution in [0.5, 0.6) is 0 Å². The topological polar surface area (TPSA) is 72.9 Å². The Hall–Kier alpha value is -2.57. The lowest BCUT2D eigenvalue weighted by Gasteiger charge is -2.32. The van der Waals surface area contributed by atoms with Gasteiger partial charge in [-0.3, -0.25) is 9.69 Å². The van der Waals surface area contributed by atoms with Crippen molar-refractivity contribution in [1.82, 2.24) is 4.90 Å². The molecule has 0 aliphatic carbocycles. The van der Waals surface area contributed by atoms with Crippen LogP contribution >= 0.6 is 24.0 Å². The third kappa shape index (κ3) is 8.23. The Kier molecular flexibility index (Phi) is 11.7. The lowest BCUT2D eigenvalue weighted by atomic mass is 10.0. The normalized spacial score (nSPS) is 12.1. The molecule has 31 heavy (non-hydrogen) atoms. The van der Waals surface area contributed by atoms with Crippen LogP contribution in [0.2, 0.25) is 0 Å². The molecule has 0 saturated carbocycles. The number of rotatable bonds is 10. The minimum Gasteiger partial charge on any atom is -0.464 e. The van der Waals surface area contributed by atoms with Gasteiger partial charge in [-0.2, -0.15) is 0 Å². The molecule has 0 unspecified atom stereocenters. The number of hydrogen-bond acceptors (Lipinski definition) is 5. The highest BCUT2D eigenvalue weighted by Gasteiger charge is 2.37. The van der Waals surface area contributed by atoms with Crippen molar-refractivity contribution >= 4 is 41.3 Å². The van der Waals surface area contributed by atoms with Gasteiger partial charge in [0.05, 0.1) is 6.61 Å². The molecule has 0 N–H and O–H groups in total. The minimum atomic E-state index is -1.06. The molecular weight excluding hydrogens is 441 g/mol. The number of ether oxygens (including phenoxy) is 2. The molecule has 0 aliphatic rings. The molecule has 0 heterocycles. The third-order valence-corrected chi connectivity index (χ3v) is 4.92. The zero-order chi connectivity index (χ0) is 21.9. The Morgan fingerprint density at radius 1 is 0.935 bits per heavy atom. The van der Waals surface area contributed by atoms with Gasteiger partial charge in [0.2, 0.25) is 5.24 Å². The number of halogens is 2. The molecule has 2 atom stereocenters. The van der Waals surface area contributed by atoms with Crippen LogP contribution in [0, 0.1) is 0 Å².